The smallest absolute Gasteiger partial charge is 0.207 e. The zero-order chi connectivity index (χ0) is 17.3. The summed E-state index contributed by atoms with van der Waals surface area (Å²) in [6.45, 7) is 8.35. The molecule has 22 heavy (non-hydrogen) atoms. The third-order valence-electron chi connectivity index (χ3n) is 2.60. The molecule has 1 N–H and O–H groups in total. The highest BCUT2D eigenvalue weighted by Crippen LogP contribution is 2.35. The third-order valence-corrected chi connectivity index (χ3v) is 5.38. The Labute approximate surface area is 133 Å². The Kier molecular flexibility index (Phi) is 5.63. The maximum absolute atomic E-state index is 12.5. The molecule has 0 aliphatic heterocycles. The molecular weight excluding hydrogens is 335 g/mol. The van der Waals surface area contributed by atoms with Crippen molar-refractivity contribution < 1.29 is 21.6 Å². The van der Waals surface area contributed by atoms with Crippen LogP contribution in [0.3, 0.4) is 0 Å². The van der Waals surface area contributed by atoms with Gasteiger partial charge in [-0.15, -0.1) is 0 Å². The summed E-state index contributed by atoms with van der Waals surface area (Å²) < 4.78 is 64.9. The van der Waals surface area contributed by atoms with E-state index in [9.17, 15) is 21.6 Å². The molecule has 126 valence electrons. The number of halogens is 3. The normalized spacial score (nSPS) is 13.5. The van der Waals surface area contributed by atoms with Crippen molar-refractivity contribution in [2.24, 2.45) is 0 Å². The van der Waals surface area contributed by atoms with Crippen molar-refractivity contribution >= 4 is 21.8 Å². The standard InChI is InChI=1S/C14H20F3NO2S2/c1-9-6-10(2)12(22(19,20)18-13(3,4)5)11(7-9)8-21-14(15,16)17/h6-7,18H,8H2,1-5H3. The van der Waals surface area contributed by atoms with Crippen molar-refractivity contribution in [1.29, 1.82) is 0 Å². The fourth-order valence-electron chi connectivity index (χ4n) is 2.15. The molecular formula is C14H20F3NO2S2. The van der Waals surface area contributed by atoms with Gasteiger partial charge in [-0.2, -0.15) is 13.2 Å². The maximum atomic E-state index is 12.5. The summed E-state index contributed by atoms with van der Waals surface area (Å²) in [5, 5.41) is 0. The lowest BCUT2D eigenvalue weighted by molar-refractivity contribution is -0.0329. The Morgan fingerprint density at radius 3 is 2.14 bits per heavy atom. The molecule has 0 fully saturated rings. The largest absolute Gasteiger partial charge is 0.442 e. The quantitative estimate of drug-likeness (QED) is 0.883. The highest BCUT2D eigenvalue weighted by atomic mass is 32.2. The molecule has 1 rings (SSSR count). The number of sulfonamides is 1. The van der Waals surface area contributed by atoms with Gasteiger partial charge in [-0.3, -0.25) is 0 Å². The number of aryl methyl sites for hydroxylation is 2. The number of hydrogen-bond acceptors (Lipinski definition) is 3. The lowest BCUT2D eigenvalue weighted by Crippen LogP contribution is -2.41. The second-order valence-electron chi connectivity index (χ2n) is 6.16. The van der Waals surface area contributed by atoms with Crippen LogP contribution in [0.2, 0.25) is 0 Å². The van der Waals surface area contributed by atoms with Crippen LogP contribution in [0.5, 0.6) is 0 Å². The number of rotatable bonds is 4. The van der Waals surface area contributed by atoms with E-state index in [0.29, 0.717) is 5.56 Å². The molecule has 1 aromatic carbocycles. The number of thioether (sulfide) groups is 1. The van der Waals surface area contributed by atoms with Crippen molar-refractivity contribution in [3.05, 3.63) is 28.8 Å². The zero-order valence-corrected chi connectivity index (χ0v) is 14.8. The van der Waals surface area contributed by atoms with E-state index in [-0.39, 0.29) is 22.2 Å². The second kappa shape index (κ2) is 6.41. The molecule has 0 heterocycles. The highest BCUT2D eigenvalue weighted by molar-refractivity contribution is 7.99. The summed E-state index contributed by atoms with van der Waals surface area (Å²) in [5.41, 5.74) is -3.79. The van der Waals surface area contributed by atoms with Crippen LogP contribution in [0, 0.1) is 13.8 Å². The van der Waals surface area contributed by atoms with Crippen LogP contribution in [0.1, 0.15) is 37.5 Å². The van der Waals surface area contributed by atoms with Gasteiger partial charge in [0.15, 0.2) is 0 Å². The molecule has 0 aliphatic carbocycles. The van der Waals surface area contributed by atoms with Crippen molar-refractivity contribution in [2.45, 2.75) is 56.3 Å². The molecule has 0 saturated heterocycles. The molecule has 0 unspecified atom stereocenters. The molecule has 0 bridgehead atoms. The zero-order valence-electron chi connectivity index (χ0n) is 13.1. The van der Waals surface area contributed by atoms with Crippen LogP contribution in [-0.2, 0) is 15.8 Å². The number of alkyl halides is 3. The molecule has 0 radical (unpaired) electrons. The van der Waals surface area contributed by atoms with Gasteiger partial charge in [-0.1, -0.05) is 17.7 Å². The maximum Gasteiger partial charge on any atom is 0.442 e. The second-order valence-corrected chi connectivity index (χ2v) is 8.82. The minimum absolute atomic E-state index is 0.0650. The summed E-state index contributed by atoms with van der Waals surface area (Å²) in [6.07, 6.45) is 0. The van der Waals surface area contributed by atoms with Crippen LogP contribution >= 0.6 is 11.8 Å². The third kappa shape index (κ3) is 5.81. The average Bonchev–Trinajstić information content (AvgIpc) is 2.19. The summed E-state index contributed by atoms with van der Waals surface area (Å²) in [7, 11) is -3.89. The van der Waals surface area contributed by atoms with Gasteiger partial charge in [0.25, 0.3) is 0 Å². The molecule has 0 aromatic heterocycles. The van der Waals surface area contributed by atoms with E-state index in [0.717, 1.165) is 5.56 Å². The van der Waals surface area contributed by atoms with Crippen molar-refractivity contribution in [3.8, 4) is 0 Å². The van der Waals surface area contributed by atoms with Crippen LogP contribution in [0.25, 0.3) is 0 Å². The van der Waals surface area contributed by atoms with Gasteiger partial charge in [0.1, 0.15) is 0 Å². The van der Waals surface area contributed by atoms with E-state index in [1.807, 2.05) is 0 Å². The van der Waals surface area contributed by atoms with Gasteiger partial charge in [-0.05, 0) is 57.5 Å². The lowest BCUT2D eigenvalue weighted by Gasteiger charge is -2.23. The van der Waals surface area contributed by atoms with E-state index in [1.54, 1.807) is 40.7 Å². The Morgan fingerprint density at radius 1 is 1.14 bits per heavy atom. The predicted molar refractivity (Wildman–Crippen MR) is 83.3 cm³/mol. The highest BCUT2D eigenvalue weighted by Gasteiger charge is 2.31. The van der Waals surface area contributed by atoms with Crippen LogP contribution in [0.4, 0.5) is 13.2 Å². The monoisotopic (exact) mass is 355 g/mol. The minimum Gasteiger partial charge on any atom is -0.207 e. The molecule has 3 nitrogen and oxygen atoms in total. The number of hydrogen-bond donors (Lipinski definition) is 1. The SMILES string of the molecule is Cc1cc(C)c(S(=O)(=O)NC(C)(C)C)c(CSC(F)(F)F)c1. The van der Waals surface area contributed by atoms with Crippen LogP contribution in [0.15, 0.2) is 17.0 Å². The summed E-state index contributed by atoms with van der Waals surface area (Å²) >= 11 is -0.240. The van der Waals surface area contributed by atoms with E-state index < -0.39 is 26.8 Å². The van der Waals surface area contributed by atoms with Gasteiger partial charge in [0, 0.05) is 11.3 Å². The summed E-state index contributed by atoms with van der Waals surface area (Å²) in [6, 6.07) is 3.14. The van der Waals surface area contributed by atoms with Gasteiger partial charge in [-0.25, -0.2) is 13.1 Å². The van der Waals surface area contributed by atoms with E-state index >= 15 is 0 Å². The lowest BCUT2D eigenvalue weighted by atomic mass is 10.1. The fraction of sp³-hybridized carbons (Fsp3) is 0.571. The Balaban J connectivity index is 3.34. The molecule has 0 amide bonds. The van der Waals surface area contributed by atoms with E-state index in [2.05, 4.69) is 4.72 Å². The molecule has 0 spiro atoms. The molecule has 0 atom stereocenters. The average molecular weight is 355 g/mol. The van der Waals surface area contributed by atoms with E-state index in [4.69, 9.17) is 0 Å². The van der Waals surface area contributed by atoms with Gasteiger partial charge >= 0.3 is 5.51 Å². The van der Waals surface area contributed by atoms with Gasteiger partial charge in [0.2, 0.25) is 10.0 Å². The first kappa shape index (κ1) is 19.3. The first-order chi connectivity index (χ1) is 9.71. The number of nitrogens with one attached hydrogen (secondary N) is 1. The molecule has 0 aliphatic rings. The Morgan fingerprint density at radius 2 is 1.68 bits per heavy atom. The first-order valence-electron chi connectivity index (χ1n) is 6.56. The van der Waals surface area contributed by atoms with Gasteiger partial charge in [0.05, 0.1) is 4.90 Å². The van der Waals surface area contributed by atoms with Crippen molar-refractivity contribution in [3.63, 3.8) is 0 Å². The molecule has 0 saturated carbocycles. The topological polar surface area (TPSA) is 46.2 Å². The summed E-state index contributed by atoms with van der Waals surface area (Å²) in [4.78, 5) is -0.0650. The minimum atomic E-state index is -4.41. The predicted octanol–water partition coefficient (Wildman–Crippen LogP) is 4.13. The number of benzene rings is 1. The van der Waals surface area contributed by atoms with Crippen molar-refractivity contribution in [1.82, 2.24) is 4.72 Å². The van der Waals surface area contributed by atoms with Gasteiger partial charge < -0.3 is 0 Å². The fourth-order valence-corrected chi connectivity index (χ4v) is 4.65. The van der Waals surface area contributed by atoms with Crippen molar-refractivity contribution in [2.75, 3.05) is 0 Å². The Bertz CT molecular complexity index is 647. The Hall–Kier alpha value is -0.730. The van der Waals surface area contributed by atoms with Crippen LogP contribution < -0.4 is 4.72 Å². The van der Waals surface area contributed by atoms with E-state index in [1.165, 1.54) is 6.07 Å². The summed E-state index contributed by atoms with van der Waals surface area (Å²) in [5.74, 6) is -0.438. The van der Waals surface area contributed by atoms with Crippen LogP contribution in [-0.4, -0.2) is 19.5 Å². The first-order valence-corrected chi connectivity index (χ1v) is 9.03. The molecule has 1 aromatic rings. The molecule has 8 heteroatoms.